The first-order valence-corrected chi connectivity index (χ1v) is 4.18. The molecular formula is C8H17NO. The van der Waals surface area contributed by atoms with Gasteiger partial charge in [-0.3, -0.25) is 0 Å². The molecule has 1 rings (SSSR count). The molecule has 0 aromatic heterocycles. The van der Waals surface area contributed by atoms with Gasteiger partial charge in [-0.25, -0.2) is 0 Å². The van der Waals surface area contributed by atoms with Crippen molar-refractivity contribution in [3.8, 4) is 0 Å². The van der Waals surface area contributed by atoms with Crippen molar-refractivity contribution < 1.29 is 4.74 Å². The lowest BCUT2D eigenvalue weighted by Gasteiger charge is -2.08. The zero-order chi connectivity index (χ0) is 7.40. The quantitative estimate of drug-likeness (QED) is 0.646. The maximum atomic E-state index is 5.61. The summed E-state index contributed by atoms with van der Waals surface area (Å²) in [6.45, 7) is 2.94. The van der Waals surface area contributed by atoms with Crippen LogP contribution in [0.25, 0.3) is 0 Å². The van der Waals surface area contributed by atoms with E-state index in [4.69, 9.17) is 10.5 Å². The number of nitrogens with two attached hydrogens (primary N) is 1. The molecule has 1 aliphatic heterocycles. The van der Waals surface area contributed by atoms with Gasteiger partial charge < -0.3 is 10.5 Å². The SMILES string of the molecule is CC1CCC(CCCN)O1. The molecule has 0 bridgehead atoms. The third-order valence-electron chi connectivity index (χ3n) is 2.05. The first kappa shape index (κ1) is 8.02. The second-order valence-corrected chi connectivity index (χ2v) is 3.08. The molecule has 10 heavy (non-hydrogen) atoms. The summed E-state index contributed by atoms with van der Waals surface area (Å²) >= 11 is 0. The summed E-state index contributed by atoms with van der Waals surface area (Å²) in [6, 6.07) is 0. The topological polar surface area (TPSA) is 35.2 Å². The van der Waals surface area contributed by atoms with Crippen LogP contribution in [0.4, 0.5) is 0 Å². The van der Waals surface area contributed by atoms with Crippen LogP contribution in [0.2, 0.25) is 0 Å². The van der Waals surface area contributed by atoms with Crippen LogP contribution in [-0.2, 0) is 4.74 Å². The van der Waals surface area contributed by atoms with Crippen molar-refractivity contribution in [2.45, 2.75) is 44.8 Å². The van der Waals surface area contributed by atoms with Crippen LogP contribution in [0.15, 0.2) is 0 Å². The van der Waals surface area contributed by atoms with E-state index in [0.717, 1.165) is 19.4 Å². The Hall–Kier alpha value is -0.0800. The Morgan fingerprint density at radius 2 is 2.30 bits per heavy atom. The molecular weight excluding hydrogens is 126 g/mol. The largest absolute Gasteiger partial charge is 0.375 e. The summed E-state index contributed by atoms with van der Waals surface area (Å²) in [4.78, 5) is 0. The average molecular weight is 143 g/mol. The fourth-order valence-electron chi connectivity index (χ4n) is 1.44. The van der Waals surface area contributed by atoms with E-state index >= 15 is 0 Å². The van der Waals surface area contributed by atoms with E-state index in [-0.39, 0.29) is 0 Å². The van der Waals surface area contributed by atoms with E-state index < -0.39 is 0 Å². The third kappa shape index (κ3) is 2.27. The first-order chi connectivity index (χ1) is 4.83. The molecule has 0 saturated carbocycles. The molecule has 0 aliphatic carbocycles. The molecule has 60 valence electrons. The Balaban J connectivity index is 2.06. The first-order valence-electron chi connectivity index (χ1n) is 4.18. The van der Waals surface area contributed by atoms with Crippen molar-refractivity contribution in [2.24, 2.45) is 5.73 Å². The zero-order valence-corrected chi connectivity index (χ0v) is 6.68. The molecule has 0 amide bonds. The van der Waals surface area contributed by atoms with E-state index in [1.54, 1.807) is 0 Å². The number of rotatable bonds is 3. The number of hydrogen-bond acceptors (Lipinski definition) is 2. The highest BCUT2D eigenvalue weighted by atomic mass is 16.5. The molecule has 1 fully saturated rings. The van der Waals surface area contributed by atoms with Gasteiger partial charge in [-0.1, -0.05) is 0 Å². The Morgan fingerprint density at radius 3 is 2.80 bits per heavy atom. The molecule has 1 aliphatic rings. The van der Waals surface area contributed by atoms with Crippen LogP contribution in [0.3, 0.4) is 0 Å². The molecule has 0 radical (unpaired) electrons. The molecule has 1 saturated heterocycles. The highest BCUT2D eigenvalue weighted by molar-refractivity contribution is 4.70. The molecule has 0 aromatic carbocycles. The minimum atomic E-state index is 0.489. The molecule has 2 nitrogen and oxygen atoms in total. The van der Waals surface area contributed by atoms with Crippen LogP contribution in [0, 0.1) is 0 Å². The summed E-state index contributed by atoms with van der Waals surface area (Å²) in [6.07, 6.45) is 5.73. The minimum Gasteiger partial charge on any atom is -0.375 e. The summed E-state index contributed by atoms with van der Waals surface area (Å²) in [7, 11) is 0. The van der Waals surface area contributed by atoms with Crippen molar-refractivity contribution in [3.05, 3.63) is 0 Å². The van der Waals surface area contributed by atoms with Crippen molar-refractivity contribution in [1.82, 2.24) is 0 Å². The van der Waals surface area contributed by atoms with E-state index in [1.807, 2.05) is 0 Å². The van der Waals surface area contributed by atoms with Gasteiger partial charge in [-0.2, -0.15) is 0 Å². The van der Waals surface area contributed by atoms with E-state index in [0.29, 0.717) is 12.2 Å². The Labute approximate surface area is 62.7 Å². The van der Waals surface area contributed by atoms with Crippen LogP contribution in [0.1, 0.15) is 32.6 Å². The lowest BCUT2D eigenvalue weighted by atomic mass is 10.1. The van der Waals surface area contributed by atoms with Gasteiger partial charge >= 0.3 is 0 Å². The van der Waals surface area contributed by atoms with Crippen LogP contribution < -0.4 is 5.73 Å². The van der Waals surface area contributed by atoms with Crippen LogP contribution in [0.5, 0.6) is 0 Å². The normalized spacial score (nSPS) is 33.0. The van der Waals surface area contributed by atoms with E-state index in [2.05, 4.69) is 6.92 Å². The Kier molecular flexibility index (Phi) is 3.16. The van der Waals surface area contributed by atoms with Gasteiger partial charge in [0.2, 0.25) is 0 Å². The van der Waals surface area contributed by atoms with E-state index in [1.165, 1.54) is 12.8 Å². The van der Waals surface area contributed by atoms with Gasteiger partial charge in [0, 0.05) is 0 Å². The lowest BCUT2D eigenvalue weighted by Crippen LogP contribution is -2.10. The summed E-state index contributed by atoms with van der Waals surface area (Å²) in [5, 5.41) is 0. The van der Waals surface area contributed by atoms with Crippen molar-refractivity contribution in [1.29, 1.82) is 0 Å². The van der Waals surface area contributed by atoms with Gasteiger partial charge in [-0.05, 0) is 39.2 Å². The van der Waals surface area contributed by atoms with Crippen molar-refractivity contribution in [3.63, 3.8) is 0 Å². The van der Waals surface area contributed by atoms with E-state index in [9.17, 15) is 0 Å². The highest BCUT2D eigenvalue weighted by Crippen LogP contribution is 2.21. The molecule has 2 heteroatoms. The summed E-state index contributed by atoms with van der Waals surface area (Å²) < 4.78 is 5.61. The monoisotopic (exact) mass is 143 g/mol. The Bertz CT molecular complexity index is 95.3. The minimum absolute atomic E-state index is 0.489. The maximum absolute atomic E-state index is 5.61. The van der Waals surface area contributed by atoms with Crippen molar-refractivity contribution in [2.75, 3.05) is 6.54 Å². The number of hydrogen-bond donors (Lipinski definition) is 1. The average Bonchev–Trinajstić information content (AvgIpc) is 2.31. The van der Waals surface area contributed by atoms with Gasteiger partial charge in [0.25, 0.3) is 0 Å². The smallest absolute Gasteiger partial charge is 0.0580 e. The van der Waals surface area contributed by atoms with Gasteiger partial charge in [-0.15, -0.1) is 0 Å². The molecule has 2 unspecified atom stereocenters. The predicted octanol–water partition coefficient (Wildman–Crippen LogP) is 1.29. The Morgan fingerprint density at radius 1 is 1.50 bits per heavy atom. The lowest BCUT2D eigenvalue weighted by molar-refractivity contribution is 0.0502. The summed E-state index contributed by atoms with van der Waals surface area (Å²) in [5.74, 6) is 0. The predicted molar refractivity (Wildman–Crippen MR) is 41.9 cm³/mol. The second kappa shape index (κ2) is 3.94. The zero-order valence-electron chi connectivity index (χ0n) is 6.68. The summed E-state index contributed by atoms with van der Waals surface area (Å²) in [5.41, 5.74) is 5.39. The molecule has 0 aromatic rings. The molecule has 0 spiro atoms. The van der Waals surface area contributed by atoms with Gasteiger partial charge in [0.1, 0.15) is 0 Å². The second-order valence-electron chi connectivity index (χ2n) is 3.08. The fraction of sp³-hybridized carbons (Fsp3) is 1.00. The third-order valence-corrected chi connectivity index (χ3v) is 2.05. The molecule has 2 N–H and O–H groups in total. The van der Waals surface area contributed by atoms with Crippen LogP contribution in [-0.4, -0.2) is 18.8 Å². The van der Waals surface area contributed by atoms with Gasteiger partial charge in [0.15, 0.2) is 0 Å². The van der Waals surface area contributed by atoms with Crippen molar-refractivity contribution >= 4 is 0 Å². The number of ether oxygens (including phenoxy) is 1. The van der Waals surface area contributed by atoms with Crippen LogP contribution >= 0.6 is 0 Å². The standard InChI is InChI=1S/C8H17NO/c1-7-4-5-8(10-7)3-2-6-9/h7-8H,2-6,9H2,1H3. The van der Waals surface area contributed by atoms with Gasteiger partial charge in [0.05, 0.1) is 12.2 Å². The molecule has 1 heterocycles. The highest BCUT2D eigenvalue weighted by Gasteiger charge is 2.20. The maximum Gasteiger partial charge on any atom is 0.0580 e. The fourth-order valence-corrected chi connectivity index (χ4v) is 1.44. The molecule has 2 atom stereocenters.